The average molecular weight is 341 g/mol. The molecule has 0 aliphatic rings. The summed E-state index contributed by atoms with van der Waals surface area (Å²) in [6.45, 7) is 6.17. The van der Waals surface area contributed by atoms with Crippen molar-refractivity contribution in [2.45, 2.75) is 26.2 Å². The molecule has 0 aliphatic carbocycles. The number of benzene rings is 1. The maximum atomic E-state index is 6.05. The molecule has 0 bridgehead atoms. The summed E-state index contributed by atoms with van der Waals surface area (Å²) in [6.07, 6.45) is 0. The number of nitrogens with one attached hydrogen (secondary N) is 1. The molecule has 3 nitrogen and oxygen atoms in total. The molecular formula is C14H15BrClN3. The van der Waals surface area contributed by atoms with Gasteiger partial charge in [0.25, 0.3) is 0 Å². The summed E-state index contributed by atoms with van der Waals surface area (Å²) in [5, 5.41) is 3.67. The van der Waals surface area contributed by atoms with Gasteiger partial charge in [-0.3, -0.25) is 0 Å². The third-order valence-corrected chi connectivity index (χ3v) is 3.20. The smallest absolute Gasteiger partial charge is 0.137 e. The van der Waals surface area contributed by atoms with Gasteiger partial charge in [-0.15, -0.1) is 0 Å². The zero-order valence-electron chi connectivity index (χ0n) is 11.0. The molecule has 0 amide bonds. The van der Waals surface area contributed by atoms with E-state index in [4.69, 9.17) is 11.6 Å². The molecule has 2 rings (SSSR count). The van der Waals surface area contributed by atoms with Crippen LogP contribution in [0.5, 0.6) is 0 Å². The van der Waals surface area contributed by atoms with Crippen LogP contribution in [-0.2, 0) is 5.41 Å². The van der Waals surface area contributed by atoms with Gasteiger partial charge in [-0.25, -0.2) is 9.97 Å². The Morgan fingerprint density at radius 2 is 1.74 bits per heavy atom. The van der Waals surface area contributed by atoms with E-state index in [2.05, 4.69) is 52.0 Å². The second-order valence-electron chi connectivity index (χ2n) is 5.28. The van der Waals surface area contributed by atoms with Crippen molar-refractivity contribution in [2.75, 3.05) is 5.32 Å². The van der Waals surface area contributed by atoms with Gasteiger partial charge >= 0.3 is 0 Å². The number of hydrogen-bond acceptors (Lipinski definition) is 3. The largest absolute Gasteiger partial charge is 0.340 e. The lowest BCUT2D eigenvalue weighted by Crippen LogP contribution is -2.16. The minimum Gasteiger partial charge on any atom is -0.340 e. The monoisotopic (exact) mass is 339 g/mol. The normalized spacial score (nSPS) is 11.4. The molecule has 0 aliphatic heterocycles. The van der Waals surface area contributed by atoms with Crippen molar-refractivity contribution in [3.05, 3.63) is 45.8 Å². The van der Waals surface area contributed by atoms with Gasteiger partial charge < -0.3 is 5.32 Å². The lowest BCUT2D eigenvalue weighted by atomic mass is 9.96. The Bertz CT molecular complexity index is 576. The van der Waals surface area contributed by atoms with E-state index < -0.39 is 0 Å². The maximum Gasteiger partial charge on any atom is 0.137 e. The summed E-state index contributed by atoms with van der Waals surface area (Å²) in [6, 6.07) is 9.60. The first-order valence-electron chi connectivity index (χ1n) is 5.92. The molecule has 1 heterocycles. The predicted molar refractivity (Wildman–Crippen MR) is 83.2 cm³/mol. The third-order valence-electron chi connectivity index (χ3n) is 2.48. The van der Waals surface area contributed by atoms with Crippen LogP contribution in [0, 0.1) is 0 Å². The fraction of sp³-hybridized carbons (Fsp3) is 0.286. The number of aromatic nitrogens is 2. The summed E-state index contributed by atoms with van der Waals surface area (Å²) in [5.74, 6) is 1.42. The Kier molecular flexibility index (Phi) is 4.11. The number of nitrogens with zero attached hydrogens (tertiary/aromatic N) is 2. The minimum absolute atomic E-state index is 0.138. The number of rotatable bonds is 2. The summed E-state index contributed by atoms with van der Waals surface area (Å²) in [7, 11) is 0. The van der Waals surface area contributed by atoms with Gasteiger partial charge in [0.1, 0.15) is 16.8 Å². The van der Waals surface area contributed by atoms with Gasteiger partial charge in [0.05, 0.1) is 0 Å². The van der Waals surface area contributed by atoms with Gasteiger partial charge in [0.2, 0.25) is 0 Å². The Labute approximate surface area is 126 Å². The standard InChI is InChI=1S/C14H15BrClN3/c1-14(2,3)13-18-11(16)8-12(19-13)17-10-6-4-9(15)5-7-10/h4-8H,1-3H3,(H,17,18,19). The fourth-order valence-corrected chi connectivity index (χ4v) is 1.95. The van der Waals surface area contributed by atoms with Crippen molar-refractivity contribution in [2.24, 2.45) is 0 Å². The molecule has 0 unspecified atom stereocenters. The van der Waals surface area contributed by atoms with Crippen molar-refractivity contribution in [3.8, 4) is 0 Å². The second-order valence-corrected chi connectivity index (χ2v) is 6.58. The van der Waals surface area contributed by atoms with E-state index in [9.17, 15) is 0 Å². The van der Waals surface area contributed by atoms with E-state index in [1.165, 1.54) is 0 Å². The molecule has 1 aromatic carbocycles. The highest BCUT2D eigenvalue weighted by atomic mass is 79.9. The second kappa shape index (κ2) is 5.47. The van der Waals surface area contributed by atoms with Gasteiger partial charge in [-0.05, 0) is 24.3 Å². The molecule has 0 saturated carbocycles. The summed E-state index contributed by atoms with van der Waals surface area (Å²) in [5.41, 5.74) is 0.818. The Morgan fingerprint density at radius 1 is 1.11 bits per heavy atom. The van der Waals surface area contributed by atoms with Crippen LogP contribution < -0.4 is 5.32 Å². The SMILES string of the molecule is CC(C)(C)c1nc(Cl)cc(Nc2ccc(Br)cc2)n1. The van der Waals surface area contributed by atoms with E-state index in [0.29, 0.717) is 11.0 Å². The van der Waals surface area contributed by atoms with Crippen molar-refractivity contribution < 1.29 is 0 Å². The van der Waals surface area contributed by atoms with E-state index >= 15 is 0 Å². The molecule has 2 aromatic rings. The summed E-state index contributed by atoms with van der Waals surface area (Å²) in [4.78, 5) is 8.77. The van der Waals surface area contributed by atoms with Crippen LogP contribution in [0.25, 0.3) is 0 Å². The lowest BCUT2D eigenvalue weighted by Gasteiger charge is -2.17. The highest BCUT2D eigenvalue weighted by Crippen LogP contribution is 2.24. The molecule has 1 aromatic heterocycles. The zero-order chi connectivity index (χ0) is 14.0. The van der Waals surface area contributed by atoms with Gasteiger partial charge in [-0.1, -0.05) is 48.3 Å². The highest BCUT2D eigenvalue weighted by molar-refractivity contribution is 9.10. The van der Waals surface area contributed by atoms with Crippen molar-refractivity contribution >= 4 is 39.0 Å². The molecule has 0 spiro atoms. The summed E-state index contributed by atoms with van der Waals surface area (Å²) >= 11 is 9.45. The third kappa shape index (κ3) is 3.91. The van der Waals surface area contributed by atoms with Crippen LogP contribution in [0.4, 0.5) is 11.5 Å². The van der Waals surface area contributed by atoms with Crippen LogP contribution in [0.2, 0.25) is 5.15 Å². The zero-order valence-corrected chi connectivity index (χ0v) is 13.4. The van der Waals surface area contributed by atoms with Gasteiger partial charge in [0.15, 0.2) is 0 Å². The number of hydrogen-bond donors (Lipinski definition) is 1. The first-order chi connectivity index (χ1) is 8.84. The topological polar surface area (TPSA) is 37.8 Å². The van der Waals surface area contributed by atoms with Gasteiger partial charge in [0, 0.05) is 21.6 Å². The number of anilines is 2. The van der Waals surface area contributed by atoms with E-state index in [1.54, 1.807) is 6.07 Å². The molecule has 5 heteroatoms. The van der Waals surface area contributed by atoms with Crippen LogP contribution in [-0.4, -0.2) is 9.97 Å². The predicted octanol–water partition coefficient (Wildman–Crippen LogP) is 4.93. The summed E-state index contributed by atoms with van der Waals surface area (Å²) < 4.78 is 1.04. The Morgan fingerprint density at radius 3 is 2.32 bits per heavy atom. The Balaban J connectivity index is 2.30. The first kappa shape index (κ1) is 14.3. The van der Waals surface area contributed by atoms with Gasteiger partial charge in [-0.2, -0.15) is 0 Å². The van der Waals surface area contributed by atoms with E-state index in [-0.39, 0.29) is 5.41 Å². The fourth-order valence-electron chi connectivity index (χ4n) is 1.50. The van der Waals surface area contributed by atoms with Crippen LogP contribution in [0.15, 0.2) is 34.8 Å². The van der Waals surface area contributed by atoms with Crippen molar-refractivity contribution in [3.63, 3.8) is 0 Å². The quantitative estimate of drug-likeness (QED) is 0.787. The Hall–Kier alpha value is -1.13. The highest BCUT2D eigenvalue weighted by Gasteiger charge is 2.18. The minimum atomic E-state index is -0.138. The lowest BCUT2D eigenvalue weighted by molar-refractivity contribution is 0.546. The average Bonchev–Trinajstić information content (AvgIpc) is 2.30. The van der Waals surface area contributed by atoms with Crippen molar-refractivity contribution in [1.29, 1.82) is 0 Å². The molecular weight excluding hydrogens is 326 g/mol. The van der Waals surface area contributed by atoms with E-state index in [1.807, 2.05) is 24.3 Å². The maximum absolute atomic E-state index is 6.05. The van der Waals surface area contributed by atoms with Crippen molar-refractivity contribution in [1.82, 2.24) is 9.97 Å². The molecule has 0 saturated heterocycles. The van der Waals surface area contributed by atoms with Crippen LogP contribution in [0.1, 0.15) is 26.6 Å². The van der Waals surface area contributed by atoms with Crippen LogP contribution >= 0.6 is 27.5 Å². The molecule has 1 N–H and O–H groups in total. The first-order valence-corrected chi connectivity index (χ1v) is 7.09. The molecule has 0 fully saturated rings. The number of halogens is 2. The molecule has 0 radical (unpaired) electrons. The van der Waals surface area contributed by atoms with Crippen LogP contribution in [0.3, 0.4) is 0 Å². The molecule has 100 valence electrons. The molecule has 0 atom stereocenters. The molecule has 19 heavy (non-hydrogen) atoms. The van der Waals surface area contributed by atoms with E-state index in [0.717, 1.165) is 16.0 Å².